The molecule has 0 aliphatic carbocycles. The third-order valence-corrected chi connectivity index (χ3v) is 4.22. The molecule has 2 aromatic carbocycles. The number of ether oxygens (including phenoxy) is 1. The number of hydrogen-bond donors (Lipinski definition) is 1. The zero-order chi connectivity index (χ0) is 18.4. The Balaban J connectivity index is 1.50. The molecule has 8 heteroatoms. The summed E-state index contributed by atoms with van der Waals surface area (Å²) in [6.07, 6.45) is 0.493. The quantitative estimate of drug-likeness (QED) is 0.639. The lowest BCUT2D eigenvalue weighted by atomic mass is 10.1. The van der Waals surface area contributed by atoms with Crippen molar-refractivity contribution in [1.29, 1.82) is 0 Å². The van der Waals surface area contributed by atoms with Crippen LogP contribution in [-0.2, 0) is 11.2 Å². The number of methoxy groups -OCH3 is 1. The number of nitrogens with zero attached hydrogens (tertiary/aromatic N) is 2. The van der Waals surface area contributed by atoms with E-state index in [-0.39, 0.29) is 11.7 Å². The van der Waals surface area contributed by atoms with Crippen molar-refractivity contribution in [1.82, 2.24) is 10.2 Å². The van der Waals surface area contributed by atoms with Gasteiger partial charge in [0.2, 0.25) is 11.8 Å². The first-order valence-corrected chi connectivity index (χ1v) is 8.74. The Morgan fingerprint density at radius 1 is 1.23 bits per heavy atom. The highest BCUT2D eigenvalue weighted by molar-refractivity contribution is 7.99. The number of hydrogen-bond acceptors (Lipinski definition) is 6. The Bertz CT molecular complexity index is 883. The van der Waals surface area contributed by atoms with Gasteiger partial charge in [-0.3, -0.25) is 4.79 Å². The molecule has 3 rings (SSSR count). The lowest BCUT2D eigenvalue weighted by Gasteiger charge is -2.03. The molecule has 134 valence electrons. The summed E-state index contributed by atoms with van der Waals surface area (Å²) in [6.45, 7) is 0. The molecule has 0 saturated heterocycles. The van der Waals surface area contributed by atoms with E-state index in [1.54, 1.807) is 13.2 Å². The summed E-state index contributed by atoms with van der Waals surface area (Å²) >= 11 is 1.12. The zero-order valence-corrected chi connectivity index (χ0v) is 14.8. The second kappa shape index (κ2) is 8.48. The second-order valence-electron chi connectivity index (χ2n) is 5.33. The third kappa shape index (κ3) is 5.06. The molecule has 0 fully saturated rings. The summed E-state index contributed by atoms with van der Waals surface area (Å²) in [5.74, 6) is 0.634. The van der Waals surface area contributed by atoms with Crippen molar-refractivity contribution in [3.8, 4) is 5.75 Å². The number of halogens is 1. The lowest BCUT2D eigenvalue weighted by Crippen LogP contribution is -2.14. The van der Waals surface area contributed by atoms with Crippen LogP contribution in [0.4, 0.5) is 10.1 Å². The van der Waals surface area contributed by atoms with Gasteiger partial charge in [-0.05, 0) is 35.9 Å². The number of rotatable bonds is 7. The maximum atomic E-state index is 13.1. The summed E-state index contributed by atoms with van der Waals surface area (Å²) in [4.78, 5) is 11.9. The van der Waals surface area contributed by atoms with Crippen molar-refractivity contribution in [2.45, 2.75) is 11.6 Å². The van der Waals surface area contributed by atoms with Crippen molar-refractivity contribution >= 4 is 23.4 Å². The Labute approximate surface area is 153 Å². The average molecular weight is 373 g/mol. The van der Waals surface area contributed by atoms with Crippen LogP contribution < -0.4 is 10.1 Å². The summed E-state index contributed by atoms with van der Waals surface area (Å²) in [6, 6.07) is 13.3. The molecule has 1 N–H and O–H groups in total. The molecule has 0 saturated carbocycles. The highest BCUT2D eigenvalue weighted by atomic mass is 32.2. The largest absolute Gasteiger partial charge is 0.497 e. The Morgan fingerprint density at radius 3 is 2.77 bits per heavy atom. The molecular weight excluding hydrogens is 357 g/mol. The Kier molecular flexibility index (Phi) is 5.85. The number of carbonyl (C=O) groups is 1. The fraction of sp³-hybridized carbons (Fsp3) is 0.167. The highest BCUT2D eigenvalue weighted by Gasteiger charge is 2.11. The van der Waals surface area contributed by atoms with Crippen LogP contribution in [0.25, 0.3) is 0 Å². The Morgan fingerprint density at radius 2 is 2.04 bits per heavy atom. The van der Waals surface area contributed by atoms with Crippen molar-refractivity contribution in [2.75, 3.05) is 18.2 Å². The second-order valence-corrected chi connectivity index (χ2v) is 6.26. The predicted molar refractivity (Wildman–Crippen MR) is 95.9 cm³/mol. The van der Waals surface area contributed by atoms with Crippen molar-refractivity contribution in [3.63, 3.8) is 0 Å². The first kappa shape index (κ1) is 17.9. The molecule has 0 bridgehead atoms. The van der Waals surface area contributed by atoms with Gasteiger partial charge in [-0.15, -0.1) is 10.2 Å². The number of anilines is 1. The molecule has 6 nitrogen and oxygen atoms in total. The summed E-state index contributed by atoms with van der Waals surface area (Å²) in [7, 11) is 1.61. The maximum Gasteiger partial charge on any atom is 0.277 e. The van der Waals surface area contributed by atoms with Crippen LogP contribution in [0.2, 0.25) is 0 Å². The normalized spacial score (nSPS) is 10.5. The van der Waals surface area contributed by atoms with Gasteiger partial charge in [0.1, 0.15) is 11.6 Å². The number of benzene rings is 2. The van der Waals surface area contributed by atoms with Gasteiger partial charge in [-0.1, -0.05) is 30.0 Å². The van der Waals surface area contributed by atoms with Crippen LogP contribution >= 0.6 is 11.8 Å². The molecular formula is C18H16FN3O3S. The lowest BCUT2D eigenvalue weighted by molar-refractivity contribution is -0.113. The first-order chi connectivity index (χ1) is 12.6. The standard InChI is InChI=1S/C18H16FN3O3S/c1-24-15-7-5-12(6-8-15)9-17-21-22-18(25-17)26-11-16(23)20-14-4-2-3-13(19)10-14/h2-8,10H,9,11H2,1H3,(H,20,23). The van der Waals surface area contributed by atoms with Crippen molar-refractivity contribution < 1.29 is 18.3 Å². The first-order valence-electron chi connectivity index (χ1n) is 7.76. The summed E-state index contributed by atoms with van der Waals surface area (Å²) in [5, 5.41) is 10.8. The smallest absolute Gasteiger partial charge is 0.277 e. The monoisotopic (exact) mass is 373 g/mol. The minimum Gasteiger partial charge on any atom is -0.497 e. The van der Waals surface area contributed by atoms with E-state index in [4.69, 9.17) is 9.15 Å². The molecule has 0 aliphatic heterocycles. The number of carbonyl (C=O) groups excluding carboxylic acids is 1. The number of nitrogens with one attached hydrogen (secondary N) is 1. The summed E-state index contributed by atoms with van der Waals surface area (Å²) in [5.41, 5.74) is 1.41. The van der Waals surface area contributed by atoms with E-state index in [2.05, 4.69) is 15.5 Å². The third-order valence-electron chi connectivity index (χ3n) is 3.40. The highest BCUT2D eigenvalue weighted by Crippen LogP contribution is 2.19. The van der Waals surface area contributed by atoms with Gasteiger partial charge in [0, 0.05) is 5.69 Å². The minimum atomic E-state index is -0.407. The molecule has 0 aliphatic rings. The maximum absolute atomic E-state index is 13.1. The van der Waals surface area contributed by atoms with Crippen LogP contribution in [0, 0.1) is 5.82 Å². The van der Waals surface area contributed by atoms with Crippen LogP contribution in [0.15, 0.2) is 58.2 Å². The van der Waals surface area contributed by atoms with Crippen LogP contribution in [-0.4, -0.2) is 29.0 Å². The van der Waals surface area contributed by atoms with Gasteiger partial charge in [-0.2, -0.15) is 0 Å². The zero-order valence-electron chi connectivity index (χ0n) is 13.9. The molecule has 0 spiro atoms. The van der Waals surface area contributed by atoms with E-state index >= 15 is 0 Å². The van der Waals surface area contributed by atoms with Gasteiger partial charge in [0.15, 0.2) is 0 Å². The fourth-order valence-electron chi connectivity index (χ4n) is 2.18. The topological polar surface area (TPSA) is 77.2 Å². The van der Waals surface area contributed by atoms with Gasteiger partial charge >= 0.3 is 0 Å². The van der Waals surface area contributed by atoms with E-state index in [1.165, 1.54) is 18.2 Å². The molecule has 0 unspecified atom stereocenters. The predicted octanol–water partition coefficient (Wildman–Crippen LogP) is 3.54. The van der Waals surface area contributed by atoms with E-state index in [0.717, 1.165) is 23.1 Å². The van der Waals surface area contributed by atoms with Crippen LogP contribution in [0.3, 0.4) is 0 Å². The molecule has 0 atom stereocenters. The molecule has 1 heterocycles. The van der Waals surface area contributed by atoms with Gasteiger partial charge in [-0.25, -0.2) is 4.39 Å². The molecule has 1 amide bonds. The number of thioether (sulfide) groups is 1. The number of amides is 1. The van der Waals surface area contributed by atoms with E-state index in [1.807, 2.05) is 24.3 Å². The fourth-order valence-corrected chi connectivity index (χ4v) is 2.76. The molecule has 26 heavy (non-hydrogen) atoms. The minimum absolute atomic E-state index is 0.0840. The van der Waals surface area contributed by atoms with E-state index in [9.17, 15) is 9.18 Å². The molecule has 1 aromatic heterocycles. The van der Waals surface area contributed by atoms with Gasteiger partial charge in [0.25, 0.3) is 5.22 Å². The van der Waals surface area contributed by atoms with Gasteiger partial charge < -0.3 is 14.5 Å². The molecule has 0 radical (unpaired) electrons. The SMILES string of the molecule is COc1ccc(Cc2nnc(SCC(=O)Nc3cccc(F)c3)o2)cc1. The number of aromatic nitrogens is 2. The summed E-state index contributed by atoms with van der Waals surface area (Å²) < 4.78 is 23.7. The van der Waals surface area contributed by atoms with Gasteiger partial charge in [0.05, 0.1) is 19.3 Å². The molecule has 3 aromatic rings. The van der Waals surface area contributed by atoms with E-state index < -0.39 is 5.82 Å². The average Bonchev–Trinajstić information content (AvgIpc) is 3.08. The van der Waals surface area contributed by atoms with E-state index in [0.29, 0.717) is 23.2 Å². The van der Waals surface area contributed by atoms with Crippen molar-refractivity contribution in [3.05, 3.63) is 65.8 Å². The van der Waals surface area contributed by atoms with Crippen molar-refractivity contribution in [2.24, 2.45) is 0 Å². The van der Waals surface area contributed by atoms with Crippen LogP contribution in [0.5, 0.6) is 5.75 Å². The van der Waals surface area contributed by atoms with Crippen LogP contribution in [0.1, 0.15) is 11.5 Å². The Hall–Kier alpha value is -2.87.